The van der Waals surface area contributed by atoms with E-state index in [1.54, 1.807) is 38.8 Å². The normalized spacial score (nSPS) is 16.7. The molecule has 0 fully saturated rings. The average Bonchev–Trinajstić information content (AvgIpc) is 3.31. The van der Waals surface area contributed by atoms with E-state index >= 15 is 0 Å². The van der Waals surface area contributed by atoms with E-state index in [1.165, 1.54) is 32.1 Å². The monoisotopic (exact) mass is 1250 g/mol. The van der Waals surface area contributed by atoms with Gasteiger partial charge in [-0.05, 0) is 94.0 Å². The third-order valence-electron chi connectivity index (χ3n) is 10.8. The molecule has 2 aliphatic rings. The number of rotatable bonds is 10. The first-order valence-electron chi connectivity index (χ1n) is 22.8. The van der Waals surface area contributed by atoms with Gasteiger partial charge in [0.1, 0.15) is 11.5 Å². The number of methoxy groups -OCH3 is 2. The molecular formula is C57H64N2O5Pt2. The number of unbranched alkanes of at least 4 members (excludes halogenated alkanes) is 2. The van der Waals surface area contributed by atoms with Crippen LogP contribution < -0.4 is 19.7 Å². The van der Waals surface area contributed by atoms with E-state index in [2.05, 4.69) is 61.0 Å². The molecular weight excluding hydrogens is 1180 g/mol. The Morgan fingerprint density at radius 2 is 0.924 bits per heavy atom. The Hall–Kier alpha value is -4.80. The van der Waals surface area contributed by atoms with Crippen molar-refractivity contribution >= 4 is 45.3 Å². The van der Waals surface area contributed by atoms with Crippen LogP contribution in [0.3, 0.4) is 0 Å². The van der Waals surface area contributed by atoms with E-state index in [1.807, 2.05) is 109 Å². The van der Waals surface area contributed by atoms with Crippen LogP contribution in [0.5, 0.6) is 23.0 Å². The van der Waals surface area contributed by atoms with Crippen LogP contribution in [0.4, 0.5) is 11.4 Å². The van der Waals surface area contributed by atoms with Gasteiger partial charge in [-0.25, -0.2) is 0 Å². The quantitative estimate of drug-likeness (QED) is 0.0773. The molecule has 2 aliphatic carbocycles. The van der Waals surface area contributed by atoms with Crippen LogP contribution in [0.2, 0.25) is 0 Å². The molecule has 352 valence electrons. The van der Waals surface area contributed by atoms with Crippen molar-refractivity contribution in [1.82, 2.24) is 0 Å². The zero-order chi connectivity index (χ0) is 45.2. The maximum absolute atomic E-state index is 12.0. The van der Waals surface area contributed by atoms with Crippen molar-refractivity contribution in [3.63, 3.8) is 0 Å². The number of hydrogen-bond acceptors (Lipinski definition) is 7. The molecule has 0 saturated heterocycles. The molecule has 0 spiro atoms. The molecule has 0 N–H and O–H groups in total. The molecule has 6 aromatic carbocycles. The van der Waals surface area contributed by atoms with Gasteiger partial charge in [0, 0.05) is 12.4 Å². The Labute approximate surface area is 422 Å². The molecule has 0 bridgehead atoms. The summed E-state index contributed by atoms with van der Waals surface area (Å²) in [5.74, 6) is 1.52. The van der Waals surface area contributed by atoms with Gasteiger partial charge >= 0.3 is 42.1 Å². The SMILES string of the molecule is C1=C\CC[C@@H](O[C@H]2[CH-]CC/C=C\CC2)[CH-]CC/1.CCCCC.COc1ccc(N=Cc2c([O-])ccc3ccccc23)cc1.COc1ccc(N=Cc2c([O-])ccc3ccccc23)cc1.[Pt+2].[Pt+2]. The minimum absolute atomic E-state index is 0. The predicted octanol–water partition coefficient (Wildman–Crippen LogP) is 13.9. The molecule has 66 heavy (non-hydrogen) atoms. The van der Waals surface area contributed by atoms with Crippen molar-refractivity contribution in [2.24, 2.45) is 9.98 Å². The Morgan fingerprint density at radius 1 is 0.530 bits per heavy atom. The average molecular weight is 1250 g/mol. The number of benzene rings is 6. The number of ether oxygens (including phenoxy) is 3. The van der Waals surface area contributed by atoms with Crippen molar-refractivity contribution in [3.05, 3.63) is 170 Å². The minimum atomic E-state index is -0.0223. The van der Waals surface area contributed by atoms with Crippen molar-refractivity contribution in [1.29, 1.82) is 0 Å². The summed E-state index contributed by atoms with van der Waals surface area (Å²) in [4.78, 5) is 8.76. The smallest absolute Gasteiger partial charge is 0.872 e. The third kappa shape index (κ3) is 18.8. The Morgan fingerprint density at radius 3 is 1.30 bits per heavy atom. The summed E-state index contributed by atoms with van der Waals surface area (Å²) >= 11 is 0. The molecule has 0 heterocycles. The fourth-order valence-electron chi connectivity index (χ4n) is 7.24. The van der Waals surface area contributed by atoms with Crippen LogP contribution in [-0.4, -0.2) is 38.9 Å². The number of nitrogens with zero attached hydrogens (tertiary/aromatic N) is 2. The molecule has 8 rings (SSSR count). The van der Waals surface area contributed by atoms with Crippen molar-refractivity contribution in [2.45, 2.75) is 96.7 Å². The fraction of sp³-hybridized carbons (Fsp3) is 0.298. The molecule has 0 unspecified atom stereocenters. The first kappa shape index (κ1) is 55.5. The Bertz CT molecular complexity index is 2230. The number of hydrogen-bond donors (Lipinski definition) is 0. The van der Waals surface area contributed by atoms with Crippen LogP contribution in [0.15, 0.2) is 156 Å². The first-order valence-corrected chi connectivity index (χ1v) is 22.8. The van der Waals surface area contributed by atoms with E-state index < -0.39 is 0 Å². The largest absolute Gasteiger partial charge is 2.00 e. The summed E-state index contributed by atoms with van der Waals surface area (Å²) in [7, 11) is 3.25. The second kappa shape index (κ2) is 32.0. The summed E-state index contributed by atoms with van der Waals surface area (Å²) in [5.41, 5.74) is 2.79. The number of aliphatic imine (C=N–C) groups is 2. The van der Waals surface area contributed by atoms with Gasteiger partial charge in [-0.15, -0.1) is 0 Å². The molecule has 0 aromatic heterocycles. The van der Waals surface area contributed by atoms with E-state index in [0.717, 1.165) is 82.9 Å². The Kier molecular flexibility index (Phi) is 26.9. The van der Waals surface area contributed by atoms with Gasteiger partial charge in [-0.3, -0.25) is 22.8 Å². The summed E-state index contributed by atoms with van der Waals surface area (Å²) in [5, 5.41) is 28.0. The second-order valence-electron chi connectivity index (χ2n) is 15.6. The minimum Gasteiger partial charge on any atom is -0.872 e. The van der Waals surface area contributed by atoms with Crippen LogP contribution in [-0.2, 0) is 46.9 Å². The zero-order valence-corrected chi connectivity index (χ0v) is 43.2. The molecule has 0 amide bonds. The van der Waals surface area contributed by atoms with E-state index in [4.69, 9.17) is 14.2 Å². The van der Waals surface area contributed by atoms with Gasteiger partial charge < -0.3 is 24.4 Å². The standard InChI is InChI=1S/2C18H15NO2.C16H24O.C5H12.2Pt/c2*1-21-15-9-7-14(8-10-15)19-12-17-16-5-3-2-4-13(16)6-11-18(17)20;1-3-7-11-15(12-8-4-1)17-16-13-9-5-2-6-10-14-16;1-3-5-4-2;;/h2*2-12,20H,1H3;1-3,5,12,14-16H,4,6-11,13H2;3-5H2,1-2H3;;/q;;-2;;2*+2/p-2/b;;3-1-,5-2-;;;/t;;15-,16-;;;/m..1.../s1. The summed E-state index contributed by atoms with van der Waals surface area (Å²) in [6.07, 6.45) is 31.3. The zero-order valence-electron chi connectivity index (χ0n) is 38.7. The number of fused-ring (bicyclic) bond motifs is 2. The van der Waals surface area contributed by atoms with Crippen LogP contribution in [0.25, 0.3) is 21.5 Å². The molecule has 9 heteroatoms. The summed E-state index contributed by atoms with van der Waals surface area (Å²) in [6, 6.07) is 37.2. The Balaban J connectivity index is 0.000000247. The summed E-state index contributed by atoms with van der Waals surface area (Å²) < 4.78 is 16.4. The molecule has 0 radical (unpaired) electrons. The molecule has 2 atom stereocenters. The molecule has 0 aliphatic heterocycles. The van der Waals surface area contributed by atoms with Gasteiger partial charge in [0.2, 0.25) is 0 Å². The second-order valence-corrected chi connectivity index (χ2v) is 15.6. The van der Waals surface area contributed by atoms with Crippen molar-refractivity contribution in [3.8, 4) is 23.0 Å². The maximum Gasteiger partial charge on any atom is 2.00 e. The molecule has 0 saturated carbocycles. The number of allylic oxidation sites excluding steroid dienone is 4. The van der Waals surface area contributed by atoms with E-state index in [0.29, 0.717) is 23.3 Å². The van der Waals surface area contributed by atoms with Gasteiger partial charge in [-0.2, -0.15) is 12.8 Å². The van der Waals surface area contributed by atoms with E-state index in [9.17, 15) is 10.2 Å². The topological polar surface area (TPSA) is 98.5 Å². The first-order chi connectivity index (χ1) is 31.4. The van der Waals surface area contributed by atoms with Crippen LogP contribution in [0.1, 0.15) is 95.6 Å². The van der Waals surface area contributed by atoms with Gasteiger partial charge in [0.05, 0.1) is 25.6 Å². The summed E-state index contributed by atoms with van der Waals surface area (Å²) in [6.45, 7) is 4.42. The van der Waals surface area contributed by atoms with Crippen molar-refractivity contribution in [2.75, 3.05) is 14.2 Å². The van der Waals surface area contributed by atoms with Crippen LogP contribution in [0, 0.1) is 12.8 Å². The molecule has 7 nitrogen and oxygen atoms in total. The predicted molar refractivity (Wildman–Crippen MR) is 265 cm³/mol. The fourth-order valence-corrected chi connectivity index (χ4v) is 7.24. The van der Waals surface area contributed by atoms with Crippen LogP contribution >= 0.6 is 0 Å². The third-order valence-corrected chi connectivity index (χ3v) is 10.8. The van der Waals surface area contributed by atoms with Gasteiger partial charge in [0.25, 0.3) is 0 Å². The maximum atomic E-state index is 12.0. The van der Waals surface area contributed by atoms with Gasteiger partial charge in [-0.1, -0.05) is 180 Å². The van der Waals surface area contributed by atoms with E-state index in [-0.39, 0.29) is 53.6 Å². The van der Waals surface area contributed by atoms with Gasteiger partial charge in [0.15, 0.2) is 0 Å². The van der Waals surface area contributed by atoms with Crippen molar-refractivity contribution < 1.29 is 66.6 Å². The molecule has 6 aromatic rings.